The quantitative estimate of drug-likeness (QED) is 0.484. The molecule has 0 radical (unpaired) electrons. The molecule has 0 fully saturated rings. The number of thioether (sulfide) groups is 1. The first-order valence-corrected chi connectivity index (χ1v) is 10.4. The lowest BCUT2D eigenvalue weighted by Gasteiger charge is -2.09. The molecule has 10 heteroatoms. The van der Waals surface area contributed by atoms with Crippen molar-refractivity contribution in [1.29, 1.82) is 0 Å². The van der Waals surface area contributed by atoms with E-state index in [1.807, 2.05) is 6.07 Å². The Kier molecular flexibility index (Phi) is 5.38. The highest BCUT2D eigenvalue weighted by atomic mass is 32.2. The van der Waals surface area contributed by atoms with Crippen LogP contribution in [0.1, 0.15) is 0 Å². The van der Waals surface area contributed by atoms with Crippen molar-refractivity contribution in [1.82, 2.24) is 10.2 Å². The van der Waals surface area contributed by atoms with Crippen molar-refractivity contribution in [2.24, 2.45) is 0 Å². The van der Waals surface area contributed by atoms with Crippen LogP contribution in [0.4, 0.5) is 16.3 Å². The number of carbonyl (C=O) groups is 1. The third kappa shape index (κ3) is 4.07. The van der Waals surface area contributed by atoms with Gasteiger partial charge in [-0.15, -0.1) is 11.8 Å². The minimum Gasteiger partial charge on any atom is -0.508 e. The second kappa shape index (κ2) is 7.72. The number of aromatic hydroxyl groups is 1. The standard InChI is InChI=1S/C17H16N4O4S2/c1-26-16-14(27(24,25)13-9-7-12(22)8-10-13)15(20-21-16)19-17(23)18-11-5-3-2-4-6-11/h2-10,22H,1H3,(H3,18,19,20,21,23). The molecule has 0 unspecified atom stereocenters. The van der Waals surface area contributed by atoms with Gasteiger partial charge in [-0.2, -0.15) is 5.10 Å². The number of urea groups is 1. The summed E-state index contributed by atoms with van der Waals surface area (Å²) in [5, 5.41) is 21.2. The number of anilines is 2. The summed E-state index contributed by atoms with van der Waals surface area (Å²) in [6.45, 7) is 0. The number of phenolic OH excluding ortho intramolecular Hbond substituents is 1. The highest BCUT2D eigenvalue weighted by molar-refractivity contribution is 7.99. The molecule has 140 valence electrons. The van der Waals surface area contributed by atoms with E-state index in [4.69, 9.17) is 0 Å². The summed E-state index contributed by atoms with van der Waals surface area (Å²) in [6, 6.07) is 13.3. The Bertz CT molecular complexity index is 1050. The Balaban J connectivity index is 1.93. The molecule has 0 aliphatic heterocycles. The lowest BCUT2D eigenvalue weighted by atomic mass is 10.3. The predicted octanol–water partition coefficient (Wildman–Crippen LogP) is 3.31. The average Bonchev–Trinajstić information content (AvgIpc) is 3.06. The number of sulfone groups is 1. The third-order valence-electron chi connectivity index (χ3n) is 3.57. The van der Waals surface area contributed by atoms with E-state index in [2.05, 4.69) is 20.8 Å². The van der Waals surface area contributed by atoms with Gasteiger partial charge in [0.15, 0.2) is 0 Å². The third-order valence-corrected chi connectivity index (χ3v) is 6.21. The molecule has 3 rings (SSSR count). The molecule has 2 aromatic carbocycles. The van der Waals surface area contributed by atoms with E-state index in [-0.39, 0.29) is 26.4 Å². The van der Waals surface area contributed by atoms with Gasteiger partial charge in [0.2, 0.25) is 9.84 Å². The minimum atomic E-state index is -3.97. The van der Waals surface area contributed by atoms with Crippen LogP contribution in [0, 0.1) is 0 Å². The van der Waals surface area contributed by atoms with Crippen LogP contribution >= 0.6 is 11.8 Å². The molecule has 0 saturated carbocycles. The highest BCUT2D eigenvalue weighted by Gasteiger charge is 2.29. The SMILES string of the molecule is CSc1n[nH]c(NC(=O)Nc2ccccc2)c1S(=O)(=O)c1ccc(O)cc1. The largest absolute Gasteiger partial charge is 0.508 e. The van der Waals surface area contributed by atoms with Crippen molar-refractivity contribution in [3.63, 3.8) is 0 Å². The molecule has 0 aliphatic rings. The molecule has 1 heterocycles. The summed E-state index contributed by atoms with van der Waals surface area (Å²) in [5.74, 6) is -0.0901. The first-order chi connectivity index (χ1) is 12.9. The van der Waals surface area contributed by atoms with Gasteiger partial charge < -0.3 is 10.4 Å². The lowest BCUT2D eigenvalue weighted by Crippen LogP contribution is -2.21. The number of aromatic amines is 1. The normalized spacial score (nSPS) is 11.1. The summed E-state index contributed by atoms with van der Waals surface area (Å²) < 4.78 is 26.0. The van der Waals surface area contributed by atoms with E-state index in [9.17, 15) is 18.3 Å². The Hall–Kier alpha value is -2.98. The minimum absolute atomic E-state index is 0.0245. The zero-order valence-electron chi connectivity index (χ0n) is 14.1. The fraction of sp³-hybridized carbons (Fsp3) is 0.0588. The van der Waals surface area contributed by atoms with E-state index in [0.29, 0.717) is 5.69 Å². The summed E-state index contributed by atoms with van der Waals surface area (Å²) in [7, 11) is -3.97. The number of H-pyrrole nitrogens is 1. The lowest BCUT2D eigenvalue weighted by molar-refractivity contribution is 0.262. The summed E-state index contributed by atoms with van der Waals surface area (Å²) in [4.78, 5) is 12.1. The maximum Gasteiger partial charge on any atom is 0.324 e. The highest BCUT2D eigenvalue weighted by Crippen LogP contribution is 2.34. The zero-order chi connectivity index (χ0) is 19.4. The van der Waals surface area contributed by atoms with Crippen molar-refractivity contribution in [2.75, 3.05) is 16.9 Å². The predicted molar refractivity (Wildman–Crippen MR) is 103 cm³/mol. The Morgan fingerprint density at radius 1 is 1.07 bits per heavy atom. The number of hydrogen-bond acceptors (Lipinski definition) is 6. The van der Waals surface area contributed by atoms with Gasteiger partial charge in [0, 0.05) is 5.69 Å². The van der Waals surface area contributed by atoms with Crippen molar-refractivity contribution in [3.8, 4) is 5.75 Å². The molecule has 27 heavy (non-hydrogen) atoms. The molecule has 0 aliphatic carbocycles. The van der Waals surface area contributed by atoms with Crippen LogP contribution in [0.5, 0.6) is 5.75 Å². The zero-order valence-corrected chi connectivity index (χ0v) is 15.8. The van der Waals surface area contributed by atoms with Crippen molar-refractivity contribution < 1.29 is 18.3 Å². The first-order valence-electron chi connectivity index (χ1n) is 7.71. The number of para-hydroxylation sites is 1. The van der Waals surface area contributed by atoms with E-state index >= 15 is 0 Å². The van der Waals surface area contributed by atoms with Gasteiger partial charge in [-0.3, -0.25) is 10.4 Å². The number of aromatic nitrogens is 2. The van der Waals surface area contributed by atoms with Gasteiger partial charge >= 0.3 is 6.03 Å². The maximum atomic E-state index is 13.0. The van der Waals surface area contributed by atoms with Crippen LogP contribution in [-0.4, -0.2) is 36.0 Å². The molecule has 0 spiro atoms. The van der Waals surface area contributed by atoms with Crippen LogP contribution in [0.15, 0.2) is 69.4 Å². The van der Waals surface area contributed by atoms with Crippen LogP contribution < -0.4 is 10.6 Å². The van der Waals surface area contributed by atoms with Gasteiger partial charge in [0.1, 0.15) is 21.5 Å². The first kappa shape index (κ1) is 18.8. The van der Waals surface area contributed by atoms with E-state index in [1.54, 1.807) is 30.5 Å². The number of nitrogens with one attached hydrogen (secondary N) is 3. The van der Waals surface area contributed by atoms with Gasteiger partial charge in [0.25, 0.3) is 0 Å². The van der Waals surface area contributed by atoms with Gasteiger partial charge in [-0.05, 0) is 42.7 Å². The van der Waals surface area contributed by atoms with E-state index < -0.39 is 15.9 Å². The molecule has 0 bridgehead atoms. The van der Waals surface area contributed by atoms with Crippen molar-refractivity contribution >= 4 is 39.1 Å². The molecule has 2 amide bonds. The molecule has 1 aromatic heterocycles. The van der Waals surface area contributed by atoms with E-state index in [0.717, 1.165) is 11.8 Å². The second-order valence-corrected chi connectivity index (χ2v) is 8.06. The van der Waals surface area contributed by atoms with Gasteiger partial charge in [-0.25, -0.2) is 13.2 Å². The molecular weight excluding hydrogens is 388 g/mol. The maximum absolute atomic E-state index is 13.0. The molecule has 3 aromatic rings. The smallest absolute Gasteiger partial charge is 0.324 e. The molecule has 0 saturated heterocycles. The van der Waals surface area contributed by atoms with E-state index in [1.165, 1.54) is 24.3 Å². The van der Waals surface area contributed by atoms with Gasteiger partial charge in [-0.1, -0.05) is 18.2 Å². The number of carbonyl (C=O) groups excluding carboxylic acids is 1. The summed E-state index contributed by atoms with van der Waals surface area (Å²) >= 11 is 1.13. The number of amides is 2. The number of rotatable bonds is 5. The van der Waals surface area contributed by atoms with Crippen LogP contribution in [0.3, 0.4) is 0 Å². The fourth-order valence-electron chi connectivity index (χ4n) is 2.33. The Morgan fingerprint density at radius 3 is 2.37 bits per heavy atom. The van der Waals surface area contributed by atoms with Gasteiger partial charge in [0.05, 0.1) is 4.90 Å². The fourth-order valence-corrected chi connectivity index (χ4v) is 4.70. The number of nitrogens with zero attached hydrogens (tertiary/aromatic N) is 1. The summed E-state index contributed by atoms with van der Waals surface area (Å²) in [6.07, 6.45) is 1.68. The molecule has 0 atom stereocenters. The molecule has 8 nitrogen and oxygen atoms in total. The van der Waals surface area contributed by atoms with Crippen LogP contribution in [-0.2, 0) is 9.84 Å². The summed E-state index contributed by atoms with van der Waals surface area (Å²) in [5.41, 5.74) is 0.558. The Labute approximate surface area is 159 Å². The number of hydrogen-bond donors (Lipinski definition) is 4. The van der Waals surface area contributed by atoms with Crippen LogP contribution in [0.25, 0.3) is 0 Å². The number of benzene rings is 2. The monoisotopic (exact) mass is 404 g/mol. The molecule has 4 N–H and O–H groups in total. The topological polar surface area (TPSA) is 124 Å². The average molecular weight is 404 g/mol. The van der Waals surface area contributed by atoms with Crippen molar-refractivity contribution in [2.45, 2.75) is 14.8 Å². The Morgan fingerprint density at radius 2 is 1.74 bits per heavy atom. The number of phenols is 1. The van der Waals surface area contributed by atoms with Crippen molar-refractivity contribution in [3.05, 3.63) is 54.6 Å². The molecular formula is C17H16N4O4S2. The van der Waals surface area contributed by atoms with Crippen LogP contribution in [0.2, 0.25) is 0 Å². The second-order valence-electron chi connectivity index (χ2n) is 5.38.